The molecule has 1 unspecified atom stereocenters. The minimum absolute atomic E-state index is 0.169. The Balaban J connectivity index is 1.64. The van der Waals surface area contributed by atoms with Crippen LogP contribution in [0.3, 0.4) is 0 Å². The predicted octanol–water partition coefficient (Wildman–Crippen LogP) is 1.13. The topological polar surface area (TPSA) is 98.3 Å². The number of aromatic nitrogens is 2. The second-order valence-electron chi connectivity index (χ2n) is 5.25. The molecular weight excluding hydrogens is 284 g/mol. The van der Waals surface area contributed by atoms with Gasteiger partial charge in [-0.25, -0.2) is 9.59 Å². The van der Waals surface area contributed by atoms with Crippen LogP contribution in [-0.4, -0.2) is 38.2 Å². The minimum Gasteiger partial charge on any atom is -0.480 e. The fraction of sp³-hybridized carbons (Fsp3) is 0.267. The van der Waals surface area contributed by atoms with E-state index in [1.807, 2.05) is 24.3 Å². The van der Waals surface area contributed by atoms with Gasteiger partial charge in [-0.05, 0) is 17.2 Å². The van der Waals surface area contributed by atoms with E-state index in [0.717, 1.165) is 11.1 Å². The van der Waals surface area contributed by atoms with Gasteiger partial charge in [0.1, 0.15) is 6.04 Å². The molecule has 0 saturated carbocycles. The number of carboxylic acid groups (broad SMARTS) is 1. The summed E-state index contributed by atoms with van der Waals surface area (Å²) in [5, 5.41) is 18.3. The highest BCUT2D eigenvalue weighted by Crippen LogP contribution is 2.22. The average molecular weight is 300 g/mol. The molecule has 0 spiro atoms. The van der Waals surface area contributed by atoms with Crippen molar-refractivity contribution < 1.29 is 14.7 Å². The third kappa shape index (κ3) is 2.93. The second-order valence-corrected chi connectivity index (χ2v) is 5.25. The molecule has 2 heterocycles. The second kappa shape index (κ2) is 5.88. The molecule has 1 aliphatic rings. The van der Waals surface area contributed by atoms with Crippen molar-refractivity contribution in [1.29, 1.82) is 0 Å². The first-order valence-corrected chi connectivity index (χ1v) is 6.97. The van der Waals surface area contributed by atoms with Gasteiger partial charge in [0.15, 0.2) is 0 Å². The summed E-state index contributed by atoms with van der Waals surface area (Å²) in [6.45, 7) is 0.997. The third-order valence-electron chi connectivity index (χ3n) is 3.71. The van der Waals surface area contributed by atoms with Gasteiger partial charge in [0.2, 0.25) is 0 Å². The summed E-state index contributed by atoms with van der Waals surface area (Å²) in [5.74, 6) is -1.07. The van der Waals surface area contributed by atoms with E-state index in [-0.39, 0.29) is 12.5 Å². The number of benzene rings is 1. The Bertz CT molecular complexity index is 659. The fourth-order valence-corrected chi connectivity index (χ4v) is 2.54. The summed E-state index contributed by atoms with van der Waals surface area (Å²) in [7, 11) is 0. The first kappa shape index (κ1) is 14.1. The van der Waals surface area contributed by atoms with E-state index in [4.69, 9.17) is 0 Å². The van der Waals surface area contributed by atoms with Gasteiger partial charge in [-0.3, -0.25) is 5.10 Å². The predicted molar refractivity (Wildman–Crippen MR) is 77.9 cm³/mol. The molecule has 1 aliphatic heterocycles. The molecule has 1 atom stereocenters. The standard InChI is InChI=1S/C15H16N4O3/c20-14(21)13(7-12-5-6-16-18-12)17-15(22)19-8-10-3-1-2-4-11(10)9-19/h1-6,13H,7-9H2,(H,16,18)(H,17,22)(H,20,21). The van der Waals surface area contributed by atoms with Crippen molar-refractivity contribution in [3.63, 3.8) is 0 Å². The zero-order valence-electron chi connectivity index (χ0n) is 11.8. The van der Waals surface area contributed by atoms with Gasteiger partial charge in [0.25, 0.3) is 0 Å². The van der Waals surface area contributed by atoms with E-state index in [1.165, 1.54) is 0 Å². The van der Waals surface area contributed by atoms with Crippen molar-refractivity contribution in [3.8, 4) is 0 Å². The number of aromatic amines is 1. The van der Waals surface area contributed by atoms with Crippen molar-refractivity contribution in [2.45, 2.75) is 25.6 Å². The van der Waals surface area contributed by atoms with E-state index >= 15 is 0 Å². The van der Waals surface area contributed by atoms with Crippen molar-refractivity contribution >= 4 is 12.0 Å². The number of urea groups is 1. The van der Waals surface area contributed by atoms with Crippen LogP contribution in [0.25, 0.3) is 0 Å². The Hall–Kier alpha value is -2.83. The molecule has 0 radical (unpaired) electrons. The van der Waals surface area contributed by atoms with Gasteiger partial charge in [0, 0.05) is 31.4 Å². The maximum Gasteiger partial charge on any atom is 0.326 e. The van der Waals surface area contributed by atoms with Crippen LogP contribution in [-0.2, 0) is 24.3 Å². The number of fused-ring (bicyclic) bond motifs is 1. The molecule has 0 fully saturated rings. The van der Waals surface area contributed by atoms with Crippen LogP contribution in [0.2, 0.25) is 0 Å². The molecule has 0 saturated heterocycles. The van der Waals surface area contributed by atoms with Crippen LogP contribution in [0.1, 0.15) is 16.8 Å². The van der Waals surface area contributed by atoms with E-state index in [9.17, 15) is 14.7 Å². The highest BCUT2D eigenvalue weighted by molar-refractivity contribution is 5.83. The van der Waals surface area contributed by atoms with E-state index in [0.29, 0.717) is 18.8 Å². The summed E-state index contributed by atoms with van der Waals surface area (Å²) in [6.07, 6.45) is 1.72. The Morgan fingerprint density at radius 1 is 1.27 bits per heavy atom. The molecular formula is C15H16N4O3. The summed E-state index contributed by atoms with van der Waals surface area (Å²) in [4.78, 5) is 25.2. The van der Waals surface area contributed by atoms with Gasteiger partial charge in [-0.15, -0.1) is 0 Å². The number of aliphatic carboxylic acids is 1. The van der Waals surface area contributed by atoms with Crippen LogP contribution in [0.15, 0.2) is 36.5 Å². The lowest BCUT2D eigenvalue weighted by molar-refractivity contribution is -0.139. The Morgan fingerprint density at radius 2 is 1.95 bits per heavy atom. The molecule has 0 aliphatic carbocycles. The number of hydrogen-bond acceptors (Lipinski definition) is 3. The number of carbonyl (C=O) groups excluding carboxylic acids is 1. The number of nitrogens with one attached hydrogen (secondary N) is 2. The van der Waals surface area contributed by atoms with Gasteiger partial charge in [-0.1, -0.05) is 24.3 Å². The Labute approximate surface area is 126 Å². The van der Waals surface area contributed by atoms with Crippen molar-refractivity contribution in [3.05, 3.63) is 53.3 Å². The number of carboxylic acids is 1. The van der Waals surface area contributed by atoms with E-state index in [1.54, 1.807) is 17.2 Å². The Kier molecular flexibility index (Phi) is 3.78. The largest absolute Gasteiger partial charge is 0.480 e. The van der Waals surface area contributed by atoms with Crippen molar-refractivity contribution in [1.82, 2.24) is 20.4 Å². The summed E-state index contributed by atoms with van der Waals surface area (Å²) in [6, 6.07) is 8.13. The number of carbonyl (C=O) groups is 2. The monoisotopic (exact) mass is 300 g/mol. The Morgan fingerprint density at radius 3 is 2.50 bits per heavy atom. The van der Waals surface area contributed by atoms with Gasteiger partial charge >= 0.3 is 12.0 Å². The molecule has 22 heavy (non-hydrogen) atoms. The van der Waals surface area contributed by atoms with Crippen molar-refractivity contribution in [2.75, 3.05) is 0 Å². The average Bonchev–Trinajstić information content (AvgIpc) is 3.15. The molecule has 0 bridgehead atoms. The minimum atomic E-state index is -1.07. The summed E-state index contributed by atoms with van der Waals surface area (Å²) in [5.41, 5.74) is 2.86. The number of rotatable bonds is 4. The molecule has 3 N–H and O–H groups in total. The number of H-pyrrole nitrogens is 1. The summed E-state index contributed by atoms with van der Waals surface area (Å²) >= 11 is 0. The fourth-order valence-electron chi connectivity index (χ4n) is 2.54. The van der Waals surface area contributed by atoms with Crippen molar-refractivity contribution in [2.24, 2.45) is 0 Å². The number of amides is 2. The van der Waals surface area contributed by atoms with Crippen LogP contribution >= 0.6 is 0 Å². The highest BCUT2D eigenvalue weighted by Gasteiger charge is 2.27. The molecule has 7 nitrogen and oxygen atoms in total. The van der Waals surface area contributed by atoms with E-state index < -0.39 is 12.0 Å². The lowest BCUT2D eigenvalue weighted by Gasteiger charge is -2.20. The van der Waals surface area contributed by atoms with Gasteiger partial charge in [0.05, 0.1) is 0 Å². The molecule has 7 heteroatoms. The molecule has 2 aromatic rings. The molecule has 114 valence electrons. The SMILES string of the molecule is O=C(O)C(Cc1ccn[nH]1)NC(=O)N1Cc2ccccc2C1. The zero-order chi connectivity index (χ0) is 15.5. The maximum absolute atomic E-state index is 12.3. The lowest BCUT2D eigenvalue weighted by atomic mass is 10.1. The van der Waals surface area contributed by atoms with Crippen LogP contribution < -0.4 is 5.32 Å². The molecule has 1 aromatic carbocycles. The third-order valence-corrected chi connectivity index (χ3v) is 3.71. The first-order chi connectivity index (χ1) is 10.6. The number of nitrogens with zero attached hydrogens (tertiary/aromatic N) is 2. The maximum atomic E-state index is 12.3. The number of hydrogen-bond donors (Lipinski definition) is 3. The smallest absolute Gasteiger partial charge is 0.326 e. The van der Waals surface area contributed by atoms with Gasteiger partial charge < -0.3 is 15.3 Å². The normalized spacial score (nSPS) is 14.5. The van der Waals surface area contributed by atoms with Crippen LogP contribution in [0.5, 0.6) is 0 Å². The van der Waals surface area contributed by atoms with Gasteiger partial charge in [-0.2, -0.15) is 5.10 Å². The quantitative estimate of drug-likeness (QED) is 0.788. The summed E-state index contributed by atoms with van der Waals surface area (Å²) < 4.78 is 0. The molecule has 2 amide bonds. The first-order valence-electron chi connectivity index (χ1n) is 6.97. The molecule has 1 aromatic heterocycles. The van der Waals surface area contributed by atoms with E-state index in [2.05, 4.69) is 15.5 Å². The lowest BCUT2D eigenvalue weighted by Crippen LogP contribution is -2.47. The zero-order valence-corrected chi connectivity index (χ0v) is 11.8. The van der Waals surface area contributed by atoms with Crippen LogP contribution in [0, 0.1) is 0 Å². The highest BCUT2D eigenvalue weighted by atomic mass is 16.4. The molecule has 3 rings (SSSR count). The van der Waals surface area contributed by atoms with Crippen LogP contribution in [0.4, 0.5) is 4.79 Å².